The molecule has 66 valence electrons. The number of hydrogen-bond donors (Lipinski definition) is 2. The molecule has 0 aromatic carbocycles. The van der Waals surface area contributed by atoms with Crippen LogP contribution in [0.5, 0.6) is 0 Å². The van der Waals surface area contributed by atoms with Gasteiger partial charge in [0.1, 0.15) is 0 Å². The maximum absolute atomic E-state index is 12.9. The van der Waals surface area contributed by atoms with E-state index in [9.17, 15) is 8.78 Å². The number of aliphatic hydroxyl groups excluding tert-OH is 1. The van der Waals surface area contributed by atoms with Crippen LogP contribution >= 0.6 is 0 Å². The molecule has 4 heteroatoms. The number of piperidine rings is 1. The van der Waals surface area contributed by atoms with E-state index in [1.54, 1.807) is 0 Å². The van der Waals surface area contributed by atoms with Crippen molar-refractivity contribution in [1.29, 1.82) is 0 Å². The van der Waals surface area contributed by atoms with Gasteiger partial charge in [-0.15, -0.1) is 0 Å². The van der Waals surface area contributed by atoms with Gasteiger partial charge in [0.2, 0.25) is 0 Å². The van der Waals surface area contributed by atoms with Crippen molar-refractivity contribution in [3.05, 3.63) is 0 Å². The van der Waals surface area contributed by atoms with Crippen LogP contribution in [0.2, 0.25) is 0 Å². The fraction of sp³-hybridized carbons (Fsp3) is 1.00. The average molecular weight is 165 g/mol. The highest BCUT2D eigenvalue weighted by atomic mass is 19.3. The van der Waals surface area contributed by atoms with E-state index >= 15 is 0 Å². The summed E-state index contributed by atoms with van der Waals surface area (Å²) in [6, 6.07) is 0. The average Bonchev–Trinajstić information content (AvgIpc) is 1.94. The summed E-state index contributed by atoms with van der Waals surface area (Å²) >= 11 is 0. The van der Waals surface area contributed by atoms with Gasteiger partial charge in [0.25, 0.3) is 5.92 Å². The van der Waals surface area contributed by atoms with Crippen LogP contribution in [-0.2, 0) is 0 Å². The standard InChI is InChI=1S/C7H13F2NO/c8-7(9)2-3-10-5-6(7)1-4-11/h6,10-11H,1-5H2. The van der Waals surface area contributed by atoms with E-state index in [1.807, 2.05) is 0 Å². The molecule has 11 heavy (non-hydrogen) atoms. The molecule has 1 fully saturated rings. The lowest BCUT2D eigenvalue weighted by molar-refractivity contribution is -0.0843. The monoisotopic (exact) mass is 165 g/mol. The third-order valence-electron chi connectivity index (χ3n) is 2.10. The predicted molar refractivity (Wildman–Crippen MR) is 37.6 cm³/mol. The Morgan fingerprint density at radius 2 is 2.27 bits per heavy atom. The summed E-state index contributed by atoms with van der Waals surface area (Å²) in [5.41, 5.74) is 0. The minimum absolute atomic E-state index is 0.0995. The summed E-state index contributed by atoms with van der Waals surface area (Å²) in [5, 5.41) is 11.4. The van der Waals surface area contributed by atoms with Gasteiger partial charge in [0.05, 0.1) is 0 Å². The predicted octanol–water partition coefficient (Wildman–Crippen LogP) is 0.614. The first-order valence-electron chi connectivity index (χ1n) is 3.86. The maximum Gasteiger partial charge on any atom is 0.253 e. The van der Waals surface area contributed by atoms with Gasteiger partial charge in [-0.3, -0.25) is 0 Å². The van der Waals surface area contributed by atoms with Gasteiger partial charge in [0.15, 0.2) is 0 Å². The number of nitrogens with one attached hydrogen (secondary N) is 1. The normalized spacial score (nSPS) is 30.3. The van der Waals surface area contributed by atoms with E-state index in [-0.39, 0.29) is 19.4 Å². The third-order valence-corrected chi connectivity index (χ3v) is 2.10. The summed E-state index contributed by atoms with van der Waals surface area (Å²) in [6.07, 6.45) is 0.0949. The van der Waals surface area contributed by atoms with Crippen LogP contribution in [0, 0.1) is 5.92 Å². The van der Waals surface area contributed by atoms with E-state index in [4.69, 9.17) is 5.11 Å². The van der Waals surface area contributed by atoms with Crippen molar-refractivity contribution >= 4 is 0 Å². The van der Waals surface area contributed by atoms with Crippen LogP contribution in [0.4, 0.5) is 8.78 Å². The summed E-state index contributed by atoms with van der Waals surface area (Å²) in [5.74, 6) is -3.25. The van der Waals surface area contributed by atoms with Crippen LogP contribution in [0.3, 0.4) is 0 Å². The van der Waals surface area contributed by atoms with Crippen molar-refractivity contribution in [2.45, 2.75) is 18.8 Å². The Hall–Kier alpha value is -0.220. The van der Waals surface area contributed by atoms with E-state index in [1.165, 1.54) is 0 Å². The molecule has 0 amide bonds. The van der Waals surface area contributed by atoms with Crippen LogP contribution in [0.15, 0.2) is 0 Å². The van der Waals surface area contributed by atoms with Crippen LogP contribution in [0.1, 0.15) is 12.8 Å². The molecule has 0 saturated carbocycles. The molecule has 0 spiro atoms. The van der Waals surface area contributed by atoms with Gasteiger partial charge in [-0.2, -0.15) is 0 Å². The summed E-state index contributed by atoms with van der Waals surface area (Å²) in [4.78, 5) is 0. The van der Waals surface area contributed by atoms with Crippen molar-refractivity contribution < 1.29 is 13.9 Å². The van der Waals surface area contributed by atoms with Gasteiger partial charge in [0, 0.05) is 32.0 Å². The zero-order valence-corrected chi connectivity index (χ0v) is 6.32. The van der Waals surface area contributed by atoms with Crippen LogP contribution in [-0.4, -0.2) is 30.7 Å². The second-order valence-corrected chi connectivity index (χ2v) is 2.92. The van der Waals surface area contributed by atoms with Gasteiger partial charge in [-0.1, -0.05) is 0 Å². The molecule has 1 unspecified atom stereocenters. The Labute approximate surface area is 64.6 Å². The van der Waals surface area contributed by atoms with Crippen LogP contribution < -0.4 is 5.32 Å². The number of halogens is 2. The quantitative estimate of drug-likeness (QED) is 0.628. The topological polar surface area (TPSA) is 32.3 Å². The minimum Gasteiger partial charge on any atom is -0.396 e. The second kappa shape index (κ2) is 3.45. The second-order valence-electron chi connectivity index (χ2n) is 2.92. The summed E-state index contributed by atoms with van der Waals surface area (Å²) < 4.78 is 25.8. The fourth-order valence-electron chi connectivity index (χ4n) is 1.35. The van der Waals surface area contributed by atoms with E-state index in [0.29, 0.717) is 13.1 Å². The highest BCUT2D eigenvalue weighted by molar-refractivity contribution is 4.83. The lowest BCUT2D eigenvalue weighted by Crippen LogP contribution is -2.44. The molecule has 0 aliphatic carbocycles. The molecule has 1 heterocycles. The van der Waals surface area contributed by atoms with Gasteiger partial charge < -0.3 is 10.4 Å². The number of alkyl halides is 2. The molecule has 0 aromatic heterocycles. The summed E-state index contributed by atoms with van der Waals surface area (Å²) in [7, 11) is 0. The lowest BCUT2D eigenvalue weighted by atomic mass is 9.92. The molecule has 0 aromatic rings. The largest absolute Gasteiger partial charge is 0.396 e. The minimum atomic E-state index is -2.58. The first kappa shape index (κ1) is 8.87. The SMILES string of the molecule is OCCC1CNCCC1(F)F. The number of aliphatic hydroxyl groups is 1. The van der Waals surface area contributed by atoms with Crippen molar-refractivity contribution in [3.8, 4) is 0 Å². The zero-order chi connectivity index (χ0) is 8.32. The van der Waals surface area contributed by atoms with Crippen molar-refractivity contribution in [2.75, 3.05) is 19.7 Å². The Morgan fingerprint density at radius 1 is 1.55 bits per heavy atom. The van der Waals surface area contributed by atoms with Crippen molar-refractivity contribution in [2.24, 2.45) is 5.92 Å². The molecule has 0 bridgehead atoms. The van der Waals surface area contributed by atoms with E-state index < -0.39 is 11.8 Å². The Kier molecular flexibility index (Phi) is 2.78. The third kappa shape index (κ3) is 2.10. The molecule has 1 rings (SSSR count). The van der Waals surface area contributed by atoms with E-state index in [0.717, 1.165) is 0 Å². The van der Waals surface area contributed by atoms with Crippen molar-refractivity contribution in [3.63, 3.8) is 0 Å². The molecule has 2 N–H and O–H groups in total. The van der Waals surface area contributed by atoms with Gasteiger partial charge >= 0.3 is 0 Å². The van der Waals surface area contributed by atoms with Gasteiger partial charge in [-0.25, -0.2) is 8.78 Å². The molecular weight excluding hydrogens is 152 g/mol. The van der Waals surface area contributed by atoms with Gasteiger partial charge in [-0.05, 0) is 6.42 Å². The molecule has 2 nitrogen and oxygen atoms in total. The molecule has 0 radical (unpaired) electrons. The maximum atomic E-state index is 12.9. The number of rotatable bonds is 2. The summed E-state index contributed by atoms with van der Waals surface area (Å²) in [6.45, 7) is 0.560. The molecule has 1 saturated heterocycles. The Bertz CT molecular complexity index is 128. The Morgan fingerprint density at radius 3 is 2.82 bits per heavy atom. The van der Waals surface area contributed by atoms with E-state index in [2.05, 4.69) is 5.32 Å². The Balaban J connectivity index is 2.45. The highest BCUT2D eigenvalue weighted by Crippen LogP contribution is 2.32. The zero-order valence-electron chi connectivity index (χ0n) is 6.32. The van der Waals surface area contributed by atoms with Crippen molar-refractivity contribution in [1.82, 2.24) is 5.32 Å². The first-order valence-corrected chi connectivity index (χ1v) is 3.86. The molecule has 1 atom stereocenters. The van der Waals surface area contributed by atoms with Crippen LogP contribution in [0.25, 0.3) is 0 Å². The first-order chi connectivity index (χ1) is 5.17. The molecule has 1 aliphatic heterocycles. The lowest BCUT2D eigenvalue weighted by Gasteiger charge is -2.31. The molecule has 1 aliphatic rings. The number of hydrogen-bond acceptors (Lipinski definition) is 2. The molecular formula is C7H13F2NO. The highest BCUT2D eigenvalue weighted by Gasteiger charge is 2.40. The smallest absolute Gasteiger partial charge is 0.253 e. The fourth-order valence-corrected chi connectivity index (χ4v) is 1.35.